The summed E-state index contributed by atoms with van der Waals surface area (Å²) in [6.45, 7) is 0. The Morgan fingerprint density at radius 2 is 1.82 bits per heavy atom. The van der Waals surface area contributed by atoms with E-state index >= 15 is 0 Å². The van der Waals surface area contributed by atoms with Gasteiger partial charge in [-0.1, -0.05) is 28.1 Å². The Morgan fingerprint density at radius 3 is 2.45 bits per heavy atom. The molecule has 22 heavy (non-hydrogen) atoms. The van der Waals surface area contributed by atoms with Gasteiger partial charge in [0.25, 0.3) is 0 Å². The van der Waals surface area contributed by atoms with Gasteiger partial charge in [-0.3, -0.25) is 4.79 Å². The number of ether oxygens (including phenoxy) is 2. The fourth-order valence-electron chi connectivity index (χ4n) is 1.96. The maximum atomic E-state index is 13.5. The smallest absolute Gasteiger partial charge is 0.228 e. The molecule has 2 aromatic carbocycles. The fraction of sp³-hybridized carbons (Fsp3) is 0.188. The summed E-state index contributed by atoms with van der Waals surface area (Å²) in [6.07, 6.45) is 0.0786. The monoisotopic (exact) mass is 367 g/mol. The van der Waals surface area contributed by atoms with Gasteiger partial charge in [-0.15, -0.1) is 0 Å². The molecule has 0 fully saturated rings. The molecule has 0 saturated carbocycles. The summed E-state index contributed by atoms with van der Waals surface area (Å²) >= 11 is 3.39. The molecule has 0 aliphatic carbocycles. The van der Waals surface area contributed by atoms with Gasteiger partial charge in [0.2, 0.25) is 5.91 Å². The minimum absolute atomic E-state index is 0.0786. The molecule has 0 spiro atoms. The first-order valence-electron chi connectivity index (χ1n) is 6.50. The topological polar surface area (TPSA) is 47.6 Å². The van der Waals surface area contributed by atoms with Crippen LogP contribution in [0.3, 0.4) is 0 Å². The summed E-state index contributed by atoms with van der Waals surface area (Å²) in [4.78, 5) is 12.1. The lowest BCUT2D eigenvalue weighted by molar-refractivity contribution is -0.115. The first-order chi connectivity index (χ1) is 10.5. The van der Waals surface area contributed by atoms with Crippen LogP contribution in [0.4, 0.5) is 10.1 Å². The van der Waals surface area contributed by atoms with Crippen LogP contribution in [0.25, 0.3) is 0 Å². The summed E-state index contributed by atoms with van der Waals surface area (Å²) in [7, 11) is 3.06. The molecule has 0 bridgehead atoms. The molecule has 0 unspecified atom stereocenters. The van der Waals surface area contributed by atoms with Gasteiger partial charge in [0.15, 0.2) is 11.5 Å². The van der Waals surface area contributed by atoms with Gasteiger partial charge in [0.05, 0.1) is 26.3 Å². The molecule has 6 heteroatoms. The number of para-hydroxylation sites is 1. The molecular formula is C16H15BrFNO3. The minimum atomic E-state index is -0.470. The molecule has 1 N–H and O–H groups in total. The number of hydrogen-bond donors (Lipinski definition) is 1. The maximum absolute atomic E-state index is 13.5. The van der Waals surface area contributed by atoms with Crippen LogP contribution in [0.15, 0.2) is 40.9 Å². The molecule has 0 saturated heterocycles. The van der Waals surface area contributed by atoms with Gasteiger partial charge in [-0.05, 0) is 29.8 Å². The molecule has 0 radical (unpaired) electrons. The Morgan fingerprint density at radius 1 is 1.18 bits per heavy atom. The van der Waals surface area contributed by atoms with Crippen LogP contribution in [-0.4, -0.2) is 20.1 Å². The molecule has 0 aromatic heterocycles. The molecule has 2 aromatic rings. The van der Waals surface area contributed by atoms with E-state index in [2.05, 4.69) is 21.2 Å². The van der Waals surface area contributed by atoms with Crippen LogP contribution in [0.2, 0.25) is 0 Å². The van der Waals surface area contributed by atoms with Gasteiger partial charge >= 0.3 is 0 Å². The number of rotatable bonds is 5. The van der Waals surface area contributed by atoms with Crippen LogP contribution in [0.1, 0.15) is 5.56 Å². The summed E-state index contributed by atoms with van der Waals surface area (Å²) in [5, 5.41) is 2.55. The molecule has 4 nitrogen and oxygen atoms in total. The molecule has 0 atom stereocenters. The van der Waals surface area contributed by atoms with Crippen molar-refractivity contribution in [2.45, 2.75) is 6.42 Å². The highest BCUT2D eigenvalue weighted by Crippen LogP contribution is 2.33. The number of methoxy groups -OCH3 is 2. The van der Waals surface area contributed by atoms with E-state index in [4.69, 9.17) is 9.47 Å². The van der Waals surface area contributed by atoms with E-state index in [-0.39, 0.29) is 18.0 Å². The highest BCUT2D eigenvalue weighted by atomic mass is 79.9. The Kier molecular flexibility index (Phi) is 5.38. The average molecular weight is 368 g/mol. The second-order valence-corrected chi connectivity index (χ2v) is 5.36. The van der Waals surface area contributed by atoms with Crippen molar-refractivity contribution in [3.8, 4) is 11.5 Å². The average Bonchev–Trinajstić information content (AvgIpc) is 2.51. The third kappa shape index (κ3) is 3.76. The zero-order valence-electron chi connectivity index (χ0n) is 12.2. The Labute approximate surface area is 136 Å². The number of halogens is 2. The van der Waals surface area contributed by atoms with Crippen LogP contribution in [-0.2, 0) is 11.2 Å². The highest BCUT2D eigenvalue weighted by molar-refractivity contribution is 9.10. The molecule has 0 aliphatic heterocycles. The second kappa shape index (κ2) is 7.26. The van der Waals surface area contributed by atoms with Crippen molar-refractivity contribution in [2.24, 2.45) is 0 Å². The van der Waals surface area contributed by atoms with Crippen molar-refractivity contribution in [1.29, 1.82) is 0 Å². The van der Waals surface area contributed by atoms with Crippen molar-refractivity contribution in [3.05, 3.63) is 52.3 Å². The number of carbonyl (C=O) groups is 1. The zero-order valence-corrected chi connectivity index (χ0v) is 13.7. The van der Waals surface area contributed by atoms with E-state index < -0.39 is 5.82 Å². The number of nitrogens with one attached hydrogen (secondary N) is 1. The number of benzene rings is 2. The Bertz CT molecular complexity index is 691. The van der Waals surface area contributed by atoms with Gasteiger partial charge in [-0.2, -0.15) is 0 Å². The number of amides is 1. The quantitative estimate of drug-likeness (QED) is 0.874. The predicted molar refractivity (Wildman–Crippen MR) is 86.0 cm³/mol. The lowest BCUT2D eigenvalue weighted by atomic mass is 10.1. The largest absolute Gasteiger partial charge is 0.493 e. The first kappa shape index (κ1) is 16.3. The van der Waals surface area contributed by atoms with Gasteiger partial charge in [0, 0.05) is 4.47 Å². The van der Waals surface area contributed by atoms with Gasteiger partial charge in [-0.25, -0.2) is 4.39 Å². The van der Waals surface area contributed by atoms with Crippen LogP contribution >= 0.6 is 15.9 Å². The van der Waals surface area contributed by atoms with E-state index in [1.807, 2.05) is 0 Å². The van der Waals surface area contributed by atoms with E-state index in [1.54, 1.807) is 24.3 Å². The van der Waals surface area contributed by atoms with Crippen molar-refractivity contribution in [2.75, 3.05) is 19.5 Å². The molecule has 1 amide bonds. The molecule has 0 aliphatic rings. The summed E-state index contributed by atoms with van der Waals surface area (Å²) in [6, 6.07) is 9.47. The standard InChI is InChI=1S/C16H15BrFNO3/c1-21-14-7-10(11(17)9-15(14)22-2)8-16(20)19-13-6-4-3-5-12(13)18/h3-7,9H,8H2,1-2H3,(H,19,20). The summed E-state index contributed by atoms with van der Waals surface area (Å²) in [5.41, 5.74) is 0.871. The van der Waals surface area contributed by atoms with Crippen LogP contribution < -0.4 is 14.8 Å². The van der Waals surface area contributed by atoms with E-state index in [1.165, 1.54) is 26.4 Å². The fourth-order valence-corrected chi connectivity index (χ4v) is 2.42. The van der Waals surface area contributed by atoms with Crippen molar-refractivity contribution in [3.63, 3.8) is 0 Å². The number of hydrogen-bond acceptors (Lipinski definition) is 3. The van der Waals surface area contributed by atoms with Crippen LogP contribution in [0, 0.1) is 5.82 Å². The van der Waals surface area contributed by atoms with Crippen LogP contribution in [0.5, 0.6) is 11.5 Å². The van der Waals surface area contributed by atoms with E-state index in [0.29, 0.717) is 21.5 Å². The van der Waals surface area contributed by atoms with Gasteiger partial charge in [0.1, 0.15) is 5.82 Å². The molecule has 2 rings (SSSR count). The first-order valence-corrected chi connectivity index (χ1v) is 7.29. The van der Waals surface area contributed by atoms with Crippen molar-refractivity contribution in [1.82, 2.24) is 0 Å². The lowest BCUT2D eigenvalue weighted by Gasteiger charge is -2.12. The Hall–Kier alpha value is -2.08. The van der Waals surface area contributed by atoms with E-state index in [9.17, 15) is 9.18 Å². The predicted octanol–water partition coefficient (Wildman–Crippen LogP) is 3.79. The Balaban J connectivity index is 2.16. The number of anilines is 1. The summed E-state index contributed by atoms with van der Waals surface area (Å²) < 4.78 is 24.6. The third-order valence-corrected chi connectivity index (χ3v) is 3.79. The number of carbonyl (C=O) groups excluding carboxylic acids is 1. The molecule has 0 heterocycles. The summed E-state index contributed by atoms with van der Waals surface area (Å²) in [5.74, 6) is 0.298. The minimum Gasteiger partial charge on any atom is -0.493 e. The van der Waals surface area contributed by atoms with E-state index in [0.717, 1.165) is 0 Å². The lowest BCUT2D eigenvalue weighted by Crippen LogP contribution is -2.15. The maximum Gasteiger partial charge on any atom is 0.228 e. The van der Waals surface area contributed by atoms with Gasteiger partial charge < -0.3 is 14.8 Å². The zero-order chi connectivity index (χ0) is 16.1. The second-order valence-electron chi connectivity index (χ2n) is 4.50. The molecular weight excluding hydrogens is 353 g/mol. The van der Waals surface area contributed by atoms with Crippen molar-refractivity contribution < 1.29 is 18.7 Å². The highest BCUT2D eigenvalue weighted by Gasteiger charge is 2.13. The normalized spacial score (nSPS) is 10.2. The molecule has 116 valence electrons. The third-order valence-electron chi connectivity index (χ3n) is 3.05. The SMILES string of the molecule is COc1cc(Br)c(CC(=O)Nc2ccccc2F)cc1OC. The van der Waals surface area contributed by atoms with Crippen molar-refractivity contribution >= 4 is 27.5 Å².